The highest BCUT2D eigenvalue weighted by Gasteiger charge is 2.31. The van der Waals surface area contributed by atoms with Crippen LogP contribution in [0.4, 0.5) is 0 Å². The number of esters is 1. The van der Waals surface area contributed by atoms with E-state index in [0.29, 0.717) is 16.9 Å². The highest BCUT2D eigenvalue weighted by atomic mass is 31.1. The lowest BCUT2D eigenvalue weighted by molar-refractivity contribution is 0.0533. The Morgan fingerprint density at radius 2 is 2.17 bits per heavy atom. The van der Waals surface area contributed by atoms with Crippen molar-refractivity contribution in [3.05, 3.63) is 33.9 Å². The van der Waals surface area contributed by atoms with Crippen LogP contribution in [0.1, 0.15) is 34.0 Å². The monoisotopic (exact) mass is 342 g/mol. The molecular weight excluding hydrogens is 323 g/mol. The van der Waals surface area contributed by atoms with Crippen molar-refractivity contribution in [2.45, 2.75) is 26.9 Å². The molecule has 0 aliphatic carbocycles. The summed E-state index contributed by atoms with van der Waals surface area (Å²) < 4.78 is 25.6. The number of carbonyl (C=O) groups is 1. The molecule has 0 saturated carbocycles. The van der Waals surface area contributed by atoms with Crippen molar-refractivity contribution in [2.75, 3.05) is 13.7 Å². The van der Waals surface area contributed by atoms with E-state index in [1.54, 1.807) is 19.9 Å². The average molecular weight is 342 g/mol. The van der Waals surface area contributed by atoms with Crippen molar-refractivity contribution >= 4 is 14.2 Å². The highest BCUT2D eigenvalue weighted by Crippen LogP contribution is 2.41. The fourth-order valence-electron chi connectivity index (χ4n) is 2.54. The third-order valence-electron chi connectivity index (χ3n) is 3.73. The molecule has 0 bridgehead atoms. The molecule has 8 heteroatoms. The van der Waals surface area contributed by atoms with E-state index < -0.39 is 14.2 Å². The van der Waals surface area contributed by atoms with Crippen LogP contribution in [-0.2, 0) is 26.9 Å². The Balaban J connectivity index is 2.37. The summed E-state index contributed by atoms with van der Waals surface area (Å²) in [7, 11) is -1.49. The summed E-state index contributed by atoms with van der Waals surface area (Å²) in [5.74, 6) is -0.196. The maximum Gasteiger partial charge on any atom is 0.342 e. The van der Waals surface area contributed by atoms with E-state index in [4.69, 9.17) is 14.4 Å². The van der Waals surface area contributed by atoms with Gasteiger partial charge in [0.1, 0.15) is 23.7 Å². The van der Waals surface area contributed by atoms with E-state index >= 15 is 0 Å². The normalized spacial score (nSPS) is 15.3. The zero-order valence-corrected chi connectivity index (χ0v) is 14.1. The van der Waals surface area contributed by atoms with Gasteiger partial charge < -0.3 is 24.0 Å². The molecule has 1 aliphatic rings. The number of allylic oxidation sites excluding steroid dienone is 1. The number of carbonyl (C=O) groups excluding carboxylic acids is 1. The van der Waals surface area contributed by atoms with Gasteiger partial charge in [0.15, 0.2) is 0 Å². The predicted molar refractivity (Wildman–Crippen MR) is 83.1 cm³/mol. The number of hydrogen-bond acceptors (Lipinski definition) is 6. The second-order valence-corrected chi connectivity index (χ2v) is 6.04. The highest BCUT2D eigenvalue weighted by molar-refractivity contribution is 7.32. The van der Waals surface area contributed by atoms with Gasteiger partial charge in [-0.1, -0.05) is 11.6 Å². The van der Waals surface area contributed by atoms with Crippen LogP contribution >= 0.6 is 8.25 Å². The lowest BCUT2D eigenvalue weighted by Gasteiger charge is -2.15. The van der Waals surface area contributed by atoms with Gasteiger partial charge in [-0.25, -0.2) is 4.79 Å². The number of hydrogen-bond donors (Lipinski definition) is 2. The molecule has 1 aromatic rings. The molecule has 1 atom stereocenters. The van der Waals surface area contributed by atoms with E-state index in [-0.39, 0.29) is 30.9 Å². The number of phenols is 1. The number of fused-ring (bicyclic) bond motifs is 1. The van der Waals surface area contributed by atoms with Crippen molar-refractivity contribution in [1.82, 2.24) is 0 Å². The van der Waals surface area contributed by atoms with Crippen molar-refractivity contribution in [3.8, 4) is 11.5 Å². The number of benzene rings is 1. The standard InChI is InChI=1S/C15H19O7P/c1-8(6-22-23(18)19)4-5-10-13(16)12-11(7-21-15(12)17)9(2)14(10)20-3/h4,16,23H,5-7H2,1-3H3,(H,18,19)/b8-4+. The lowest BCUT2D eigenvalue weighted by Crippen LogP contribution is -2.03. The summed E-state index contributed by atoms with van der Waals surface area (Å²) >= 11 is 0. The van der Waals surface area contributed by atoms with Crippen LogP contribution in [0.3, 0.4) is 0 Å². The average Bonchev–Trinajstić information content (AvgIpc) is 2.89. The number of rotatable bonds is 6. The summed E-state index contributed by atoms with van der Waals surface area (Å²) in [5, 5.41) is 10.4. The second-order valence-electron chi connectivity index (χ2n) is 5.22. The molecule has 1 aromatic carbocycles. The molecule has 2 rings (SSSR count). The van der Waals surface area contributed by atoms with Gasteiger partial charge >= 0.3 is 14.2 Å². The number of phenolic OH excluding ortho intramolecular Hbond substituents is 1. The molecule has 1 heterocycles. The van der Waals surface area contributed by atoms with Gasteiger partial charge in [-0.05, 0) is 25.8 Å². The molecule has 23 heavy (non-hydrogen) atoms. The molecule has 0 saturated heterocycles. The Labute approximate surface area is 134 Å². The molecule has 1 aliphatic heterocycles. The first-order chi connectivity index (χ1) is 10.9. The number of ether oxygens (including phenoxy) is 2. The smallest absolute Gasteiger partial charge is 0.342 e. The van der Waals surface area contributed by atoms with E-state index in [1.165, 1.54) is 7.11 Å². The van der Waals surface area contributed by atoms with E-state index in [1.807, 2.05) is 0 Å². The Kier molecular flexibility index (Phi) is 5.46. The summed E-state index contributed by atoms with van der Waals surface area (Å²) in [6, 6.07) is 0. The Morgan fingerprint density at radius 1 is 1.48 bits per heavy atom. The number of methoxy groups -OCH3 is 1. The Bertz CT molecular complexity index is 694. The molecule has 0 aromatic heterocycles. The summed E-state index contributed by atoms with van der Waals surface area (Å²) in [6.45, 7) is 3.68. The molecule has 1 unspecified atom stereocenters. The van der Waals surface area contributed by atoms with Crippen LogP contribution in [0.15, 0.2) is 11.6 Å². The second kappa shape index (κ2) is 7.17. The molecule has 0 fully saturated rings. The Morgan fingerprint density at radius 3 is 2.78 bits per heavy atom. The zero-order chi connectivity index (χ0) is 17.1. The molecule has 0 radical (unpaired) electrons. The molecule has 2 N–H and O–H groups in total. The minimum Gasteiger partial charge on any atom is -0.507 e. The third kappa shape index (κ3) is 3.58. The van der Waals surface area contributed by atoms with Crippen molar-refractivity contribution in [2.24, 2.45) is 0 Å². The maximum absolute atomic E-state index is 11.8. The Hall–Kier alpha value is -1.82. The van der Waals surface area contributed by atoms with E-state index in [2.05, 4.69) is 4.52 Å². The lowest BCUT2D eigenvalue weighted by atomic mass is 9.95. The van der Waals surface area contributed by atoms with Gasteiger partial charge in [-0.3, -0.25) is 4.57 Å². The maximum atomic E-state index is 11.8. The predicted octanol–water partition coefficient (Wildman–Crippen LogP) is 2.27. The summed E-state index contributed by atoms with van der Waals surface area (Å²) in [6.07, 6.45) is 2.03. The number of cyclic esters (lactones) is 1. The van der Waals surface area contributed by atoms with Gasteiger partial charge in [0.25, 0.3) is 0 Å². The van der Waals surface area contributed by atoms with Gasteiger partial charge in [0, 0.05) is 11.1 Å². The molecule has 7 nitrogen and oxygen atoms in total. The summed E-state index contributed by atoms with van der Waals surface area (Å²) in [4.78, 5) is 20.5. The molecular formula is C15H19O7P. The molecule has 0 amide bonds. The van der Waals surface area contributed by atoms with Gasteiger partial charge in [-0.15, -0.1) is 0 Å². The SMILES string of the molecule is COc1c(C)c2c(c(O)c1C/C=C(\C)CO[PH](=O)O)C(=O)OC2. The van der Waals surface area contributed by atoms with Gasteiger partial charge in [0.05, 0.1) is 13.7 Å². The van der Waals surface area contributed by atoms with Crippen LogP contribution < -0.4 is 4.74 Å². The largest absolute Gasteiger partial charge is 0.507 e. The fraction of sp³-hybridized carbons (Fsp3) is 0.400. The van der Waals surface area contributed by atoms with Gasteiger partial charge in [-0.2, -0.15) is 0 Å². The number of aromatic hydroxyl groups is 1. The van der Waals surface area contributed by atoms with Crippen LogP contribution in [0, 0.1) is 6.92 Å². The van der Waals surface area contributed by atoms with Crippen molar-refractivity contribution in [1.29, 1.82) is 0 Å². The summed E-state index contributed by atoms with van der Waals surface area (Å²) in [5.41, 5.74) is 2.76. The van der Waals surface area contributed by atoms with Crippen molar-refractivity contribution in [3.63, 3.8) is 0 Å². The van der Waals surface area contributed by atoms with Crippen LogP contribution in [0.2, 0.25) is 0 Å². The minimum atomic E-state index is -2.98. The molecule has 0 spiro atoms. The van der Waals surface area contributed by atoms with Crippen LogP contribution in [0.5, 0.6) is 11.5 Å². The quantitative estimate of drug-likeness (QED) is 0.464. The first-order valence-electron chi connectivity index (χ1n) is 6.96. The third-order valence-corrected chi connectivity index (χ3v) is 4.12. The van der Waals surface area contributed by atoms with E-state index in [9.17, 15) is 14.5 Å². The van der Waals surface area contributed by atoms with Gasteiger partial charge in [0.2, 0.25) is 0 Å². The van der Waals surface area contributed by atoms with Crippen molar-refractivity contribution < 1.29 is 33.4 Å². The topological polar surface area (TPSA) is 102 Å². The zero-order valence-electron chi connectivity index (χ0n) is 13.1. The minimum absolute atomic E-state index is 0.0172. The first kappa shape index (κ1) is 17.5. The first-order valence-corrected chi connectivity index (χ1v) is 8.22. The van der Waals surface area contributed by atoms with E-state index in [0.717, 1.165) is 11.1 Å². The molecule has 126 valence electrons. The van der Waals surface area contributed by atoms with Crippen LogP contribution in [0.25, 0.3) is 0 Å². The fourth-order valence-corrected chi connectivity index (χ4v) is 2.89. The van der Waals surface area contributed by atoms with Crippen LogP contribution in [-0.4, -0.2) is 29.7 Å².